The fraction of sp³-hybridized carbons (Fsp3) is 0.533. The Labute approximate surface area is 119 Å². The number of rotatable bonds is 4. The molecule has 0 spiro atoms. The highest BCUT2D eigenvalue weighted by molar-refractivity contribution is 6.32. The summed E-state index contributed by atoms with van der Waals surface area (Å²) < 4.78 is 5.09. The first kappa shape index (κ1) is 14.4. The van der Waals surface area contributed by atoms with E-state index in [1.54, 1.807) is 25.3 Å². The molecule has 1 aromatic carbocycles. The summed E-state index contributed by atoms with van der Waals surface area (Å²) in [5, 5.41) is 0.481. The predicted octanol–water partition coefficient (Wildman–Crippen LogP) is 3.41. The molecule has 1 aliphatic heterocycles. The second-order valence-electron chi connectivity index (χ2n) is 5.61. The van der Waals surface area contributed by atoms with Gasteiger partial charge < -0.3 is 4.74 Å². The van der Waals surface area contributed by atoms with Gasteiger partial charge in [0.15, 0.2) is 5.78 Å². The van der Waals surface area contributed by atoms with Gasteiger partial charge in [0.1, 0.15) is 5.75 Å². The molecule has 0 unspecified atom stereocenters. The van der Waals surface area contributed by atoms with E-state index < -0.39 is 0 Å². The van der Waals surface area contributed by atoms with Crippen molar-refractivity contribution in [1.29, 1.82) is 0 Å². The SMILES string of the molecule is COc1ccc(C(=O)CN2CCCC2(C)C)cc1Cl. The lowest BCUT2D eigenvalue weighted by molar-refractivity contribution is 0.0871. The number of Topliss-reactive ketones (excluding diaryl/α,β-unsaturated/α-hetero) is 1. The number of likely N-dealkylation sites (tertiary alicyclic amines) is 1. The molecule has 1 aliphatic rings. The van der Waals surface area contributed by atoms with Gasteiger partial charge in [-0.05, 0) is 51.4 Å². The van der Waals surface area contributed by atoms with Crippen molar-refractivity contribution in [2.24, 2.45) is 0 Å². The zero-order valence-electron chi connectivity index (χ0n) is 11.7. The second kappa shape index (κ2) is 5.51. The Morgan fingerprint density at radius 2 is 2.21 bits per heavy atom. The third-order valence-corrected chi connectivity index (χ3v) is 4.18. The molecule has 0 bridgehead atoms. The monoisotopic (exact) mass is 281 g/mol. The van der Waals surface area contributed by atoms with Crippen molar-refractivity contribution in [2.45, 2.75) is 32.2 Å². The largest absolute Gasteiger partial charge is 0.495 e. The summed E-state index contributed by atoms with van der Waals surface area (Å²) in [5.74, 6) is 0.708. The number of carbonyl (C=O) groups excluding carboxylic acids is 1. The molecule has 0 N–H and O–H groups in total. The summed E-state index contributed by atoms with van der Waals surface area (Å²) >= 11 is 6.06. The number of halogens is 1. The molecule has 104 valence electrons. The van der Waals surface area contributed by atoms with Crippen LogP contribution >= 0.6 is 11.6 Å². The van der Waals surface area contributed by atoms with Gasteiger partial charge in [-0.25, -0.2) is 0 Å². The first-order valence-electron chi connectivity index (χ1n) is 6.56. The number of nitrogens with zero attached hydrogens (tertiary/aromatic N) is 1. The van der Waals surface area contributed by atoms with Crippen LogP contribution in [0.15, 0.2) is 18.2 Å². The highest BCUT2D eigenvalue weighted by atomic mass is 35.5. The highest BCUT2D eigenvalue weighted by Gasteiger charge is 2.33. The van der Waals surface area contributed by atoms with Crippen LogP contribution < -0.4 is 4.74 Å². The van der Waals surface area contributed by atoms with E-state index >= 15 is 0 Å². The number of benzene rings is 1. The van der Waals surface area contributed by atoms with Crippen molar-refractivity contribution in [3.63, 3.8) is 0 Å². The molecule has 1 aromatic rings. The minimum absolute atomic E-state index is 0.111. The van der Waals surface area contributed by atoms with Gasteiger partial charge in [-0.3, -0.25) is 9.69 Å². The van der Waals surface area contributed by atoms with E-state index in [0.29, 0.717) is 22.9 Å². The third kappa shape index (κ3) is 3.10. The smallest absolute Gasteiger partial charge is 0.176 e. The Balaban J connectivity index is 2.10. The van der Waals surface area contributed by atoms with Gasteiger partial charge in [-0.15, -0.1) is 0 Å². The van der Waals surface area contributed by atoms with Gasteiger partial charge in [-0.2, -0.15) is 0 Å². The molecule has 1 heterocycles. The van der Waals surface area contributed by atoms with Crippen molar-refractivity contribution < 1.29 is 9.53 Å². The molecular formula is C15H20ClNO2. The molecule has 1 fully saturated rings. The molecule has 0 atom stereocenters. The van der Waals surface area contributed by atoms with E-state index in [1.807, 2.05) is 0 Å². The molecule has 0 radical (unpaired) electrons. The first-order valence-corrected chi connectivity index (χ1v) is 6.93. The van der Waals surface area contributed by atoms with E-state index in [-0.39, 0.29) is 11.3 Å². The number of ether oxygens (including phenoxy) is 1. The van der Waals surface area contributed by atoms with Crippen LogP contribution in [0.5, 0.6) is 5.75 Å². The van der Waals surface area contributed by atoms with E-state index in [0.717, 1.165) is 19.4 Å². The zero-order chi connectivity index (χ0) is 14.0. The lowest BCUT2D eigenvalue weighted by atomic mass is 10.0. The Kier molecular flexibility index (Phi) is 4.16. The van der Waals surface area contributed by atoms with E-state index in [9.17, 15) is 4.79 Å². The van der Waals surface area contributed by atoms with E-state index in [1.165, 1.54) is 0 Å². The van der Waals surface area contributed by atoms with Gasteiger partial charge >= 0.3 is 0 Å². The van der Waals surface area contributed by atoms with E-state index in [2.05, 4.69) is 18.7 Å². The van der Waals surface area contributed by atoms with Crippen LogP contribution in [0.1, 0.15) is 37.0 Å². The van der Waals surface area contributed by atoms with Crippen LogP contribution in [0.4, 0.5) is 0 Å². The van der Waals surface area contributed by atoms with Crippen molar-refractivity contribution in [3.05, 3.63) is 28.8 Å². The average Bonchev–Trinajstić information content (AvgIpc) is 2.68. The molecule has 0 saturated carbocycles. The van der Waals surface area contributed by atoms with Crippen LogP contribution in [-0.2, 0) is 0 Å². The van der Waals surface area contributed by atoms with Crippen LogP contribution in [-0.4, -0.2) is 36.4 Å². The number of ketones is 1. The summed E-state index contributed by atoms with van der Waals surface area (Å²) in [5.41, 5.74) is 0.764. The Bertz CT molecular complexity index is 485. The summed E-state index contributed by atoms with van der Waals surface area (Å²) in [7, 11) is 1.56. The summed E-state index contributed by atoms with van der Waals surface area (Å²) in [4.78, 5) is 14.5. The van der Waals surface area contributed by atoms with E-state index in [4.69, 9.17) is 16.3 Å². The standard InChI is InChI=1S/C15H20ClNO2/c1-15(2)7-4-8-17(15)10-13(18)11-5-6-14(19-3)12(16)9-11/h5-6,9H,4,7-8,10H2,1-3H3. The topological polar surface area (TPSA) is 29.5 Å². The van der Waals surface area contributed by atoms with Crippen molar-refractivity contribution in [3.8, 4) is 5.75 Å². The Morgan fingerprint density at radius 1 is 1.47 bits per heavy atom. The molecule has 0 amide bonds. The summed E-state index contributed by atoms with van der Waals surface area (Å²) in [6.07, 6.45) is 2.30. The molecule has 1 saturated heterocycles. The van der Waals surface area contributed by atoms with Gasteiger partial charge in [0.25, 0.3) is 0 Å². The minimum Gasteiger partial charge on any atom is -0.495 e. The molecular weight excluding hydrogens is 262 g/mol. The third-order valence-electron chi connectivity index (χ3n) is 3.88. The normalized spacial score (nSPS) is 18.5. The maximum Gasteiger partial charge on any atom is 0.176 e. The maximum absolute atomic E-state index is 12.3. The summed E-state index contributed by atoms with van der Waals surface area (Å²) in [6.45, 7) is 5.82. The van der Waals surface area contributed by atoms with Crippen LogP contribution in [0, 0.1) is 0 Å². The van der Waals surface area contributed by atoms with Crippen LogP contribution in [0.3, 0.4) is 0 Å². The first-order chi connectivity index (χ1) is 8.94. The molecule has 2 rings (SSSR count). The van der Waals surface area contributed by atoms with Crippen molar-refractivity contribution in [2.75, 3.05) is 20.2 Å². The van der Waals surface area contributed by atoms with Crippen LogP contribution in [0.2, 0.25) is 5.02 Å². The summed E-state index contributed by atoms with van der Waals surface area (Å²) in [6, 6.07) is 5.20. The number of hydrogen-bond donors (Lipinski definition) is 0. The maximum atomic E-state index is 12.3. The molecule has 4 heteroatoms. The molecule has 3 nitrogen and oxygen atoms in total. The Hall–Kier alpha value is -1.06. The van der Waals surface area contributed by atoms with Gasteiger partial charge in [0.2, 0.25) is 0 Å². The van der Waals surface area contributed by atoms with Gasteiger partial charge in [0.05, 0.1) is 18.7 Å². The van der Waals surface area contributed by atoms with Crippen LogP contribution in [0.25, 0.3) is 0 Å². The number of methoxy groups -OCH3 is 1. The minimum atomic E-state index is 0.111. The van der Waals surface area contributed by atoms with Crippen molar-refractivity contribution in [1.82, 2.24) is 4.90 Å². The zero-order valence-corrected chi connectivity index (χ0v) is 12.5. The van der Waals surface area contributed by atoms with Crippen molar-refractivity contribution >= 4 is 17.4 Å². The molecule has 0 aliphatic carbocycles. The number of hydrogen-bond acceptors (Lipinski definition) is 3. The Morgan fingerprint density at radius 3 is 2.74 bits per heavy atom. The highest BCUT2D eigenvalue weighted by Crippen LogP contribution is 2.29. The predicted molar refractivity (Wildman–Crippen MR) is 77.2 cm³/mol. The van der Waals surface area contributed by atoms with Gasteiger partial charge in [0, 0.05) is 11.1 Å². The lowest BCUT2D eigenvalue weighted by Crippen LogP contribution is -2.41. The average molecular weight is 282 g/mol. The fourth-order valence-electron chi connectivity index (χ4n) is 2.56. The fourth-order valence-corrected chi connectivity index (χ4v) is 2.82. The molecule has 19 heavy (non-hydrogen) atoms. The number of carbonyl (C=O) groups is 1. The molecule has 0 aromatic heterocycles. The van der Waals surface area contributed by atoms with Gasteiger partial charge in [-0.1, -0.05) is 11.6 Å². The quantitative estimate of drug-likeness (QED) is 0.792. The lowest BCUT2D eigenvalue weighted by Gasteiger charge is -2.30. The second-order valence-corrected chi connectivity index (χ2v) is 6.02.